The largest absolute Gasteiger partial charge is 0.459 e. The van der Waals surface area contributed by atoms with Crippen molar-refractivity contribution in [3.05, 3.63) is 77.5 Å². The van der Waals surface area contributed by atoms with Crippen molar-refractivity contribution < 1.29 is 9.21 Å². The molecule has 0 unspecified atom stereocenters. The molecule has 0 fully saturated rings. The highest BCUT2D eigenvalue weighted by Gasteiger charge is 2.31. The number of hydrogen-bond acceptors (Lipinski definition) is 3. The number of nitrogens with zero attached hydrogens (tertiary/aromatic N) is 3. The van der Waals surface area contributed by atoms with E-state index in [1.54, 1.807) is 16.8 Å². The molecule has 3 heterocycles. The van der Waals surface area contributed by atoms with Crippen molar-refractivity contribution in [2.75, 3.05) is 6.54 Å². The zero-order valence-corrected chi connectivity index (χ0v) is 12.8. The first kappa shape index (κ1) is 13.8. The molecule has 23 heavy (non-hydrogen) atoms. The van der Waals surface area contributed by atoms with Gasteiger partial charge in [0.15, 0.2) is 5.76 Å². The van der Waals surface area contributed by atoms with Gasteiger partial charge in [0, 0.05) is 32.3 Å². The molecule has 0 radical (unpaired) electrons. The summed E-state index contributed by atoms with van der Waals surface area (Å²) in [5.41, 5.74) is 3.56. The van der Waals surface area contributed by atoms with Crippen LogP contribution < -0.4 is 0 Å². The fourth-order valence-electron chi connectivity index (χ4n) is 3.22. The predicted octanol–water partition coefficient (Wildman–Crippen LogP) is 2.80. The zero-order chi connectivity index (χ0) is 15.8. The highest BCUT2D eigenvalue weighted by Crippen LogP contribution is 2.33. The summed E-state index contributed by atoms with van der Waals surface area (Å²) in [6.07, 6.45) is 5.42. The smallest absolute Gasteiger partial charge is 0.289 e. The molecule has 1 aliphatic rings. The maximum Gasteiger partial charge on any atom is 0.289 e. The van der Waals surface area contributed by atoms with Gasteiger partial charge in [-0.1, -0.05) is 24.3 Å². The Morgan fingerprint density at radius 3 is 2.87 bits per heavy atom. The summed E-state index contributed by atoms with van der Waals surface area (Å²) in [5.74, 6) is 0.445. The van der Waals surface area contributed by atoms with E-state index in [0.29, 0.717) is 18.8 Å². The van der Waals surface area contributed by atoms with E-state index in [2.05, 4.69) is 17.2 Å². The minimum absolute atomic E-state index is 0.0709. The van der Waals surface area contributed by atoms with E-state index in [1.807, 2.05) is 36.5 Å². The normalized spacial score (nSPS) is 17.1. The molecule has 0 N–H and O–H groups in total. The number of aromatic nitrogens is 2. The average molecular weight is 307 g/mol. The Labute approximate surface area is 134 Å². The zero-order valence-electron chi connectivity index (χ0n) is 12.8. The molecule has 0 spiro atoms. The van der Waals surface area contributed by atoms with E-state index < -0.39 is 0 Å². The molecule has 2 aromatic heterocycles. The van der Waals surface area contributed by atoms with Crippen LogP contribution >= 0.6 is 0 Å². The van der Waals surface area contributed by atoms with Crippen molar-refractivity contribution in [1.82, 2.24) is 14.7 Å². The number of furan rings is 1. The third kappa shape index (κ3) is 2.44. The van der Waals surface area contributed by atoms with E-state index in [1.165, 1.54) is 17.4 Å². The van der Waals surface area contributed by atoms with Gasteiger partial charge in [-0.25, -0.2) is 0 Å². The summed E-state index contributed by atoms with van der Waals surface area (Å²) < 4.78 is 7.07. The van der Waals surface area contributed by atoms with Crippen LogP contribution in [0.4, 0.5) is 0 Å². The molecule has 0 bridgehead atoms. The highest BCUT2D eigenvalue weighted by molar-refractivity contribution is 5.91. The Hall–Kier alpha value is -2.82. The first-order valence-electron chi connectivity index (χ1n) is 7.61. The second-order valence-corrected chi connectivity index (χ2v) is 5.86. The number of amides is 1. The number of rotatable bonds is 2. The summed E-state index contributed by atoms with van der Waals surface area (Å²) in [4.78, 5) is 14.5. The fraction of sp³-hybridized carbons (Fsp3) is 0.222. The van der Waals surface area contributed by atoms with Crippen LogP contribution in [0, 0.1) is 0 Å². The first-order chi connectivity index (χ1) is 11.2. The molecule has 5 heteroatoms. The van der Waals surface area contributed by atoms with Gasteiger partial charge in [-0.2, -0.15) is 5.10 Å². The Bertz CT molecular complexity index is 836. The molecule has 1 atom stereocenters. The quantitative estimate of drug-likeness (QED) is 0.731. The standard InChI is InChI=1S/C18H17N3O2/c1-20-10-14(9-19-20)16-12-21(18(22)17-7-4-8-23-17)11-13-5-2-3-6-15(13)16/h2-10,16H,11-12H2,1H3/t16-/m0/s1. The molecule has 5 nitrogen and oxygen atoms in total. The van der Waals surface area contributed by atoms with Crippen molar-refractivity contribution >= 4 is 5.91 Å². The second kappa shape index (κ2) is 5.43. The van der Waals surface area contributed by atoms with E-state index >= 15 is 0 Å². The third-order valence-electron chi connectivity index (χ3n) is 4.34. The minimum Gasteiger partial charge on any atom is -0.459 e. The van der Waals surface area contributed by atoms with Gasteiger partial charge in [-0.15, -0.1) is 0 Å². The van der Waals surface area contributed by atoms with Gasteiger partial charge in [0.2, 0.25) is 0 Å². The van der Waals surface area contributed by atoms with Crippen molar-refractivity contribution in [3.63, 3.8) is 0 Å². The number of hydrogen-bond donors (Lipinski definition) is 0. The predicted molar refractivity (Wildman–Crippen MR) is 84.9 cm³/mol. The molecular formula is C18H17N3O2. The van der Waals surface area contributed by atoms with Gasteiger partial charge in [-0.3, -0.25) is 9.48 Å². The van der Waals surface area contributed by atoms with E-state index in [4.69, 9.17) is 4.42 Å². The van der Waals surface area contributed by atoms with Crippen molar-refractivity contribution in [2.45, 2.75) is 12.5 Å². The van der Waals surface area contributed by atoms with Gasteiger partial charge in [0.05, 0.1) is 12.5 Å². The molecule has 3 aromatic rings. The summed E-state index contributed by atoms with van der Waals surface area (Å²) >= 11 is 0. The Balaban J connectivity index is 1.72. The Morgan fingerprint density at radius 2 is 2.13 bits per heavy atom. The SMILES string of the molecule is Cn1cc([C@@H]2CN(C(=O)c3ccco3)Cc3ccccc32)cn1. The number of aryl methyl sites for hydroxylation is 1. The van der Waals surface area contributed by atoms with Crippen LogP contribution in [0.3, 0.4) is 0 Å². The molecule has 1 aliphatic heterocycles. The van der Waals surface area contributed by atoms with Gasteiger partial charge in [0.25, 0.3) is 5.91 Å². The van der Waals surface area contributed by atoms with Crippen LogP contribution in [0.25, 0.3) is 0 Å². The topological polar surface area (TPSA) is 51.3 Å². The summed E-state index contributed by atoms with van der Waals surface area (Å²) in [6.45, 7) is 1.23. The molecule has 116 valence electrons. The Morgan fingerprint density at radius 1 is 1.26 bits per heavy atom. The molecule has 1 amide bonds. The lowest BCUT2D eigenvalue weighted by atomic mass is 9.86. The molecule has 0 saturated heterocycles. The van der Waals surface area contributed by atoms with Crippen LogP contribution in [0.2, 0.25) is 0 Å². The summed E-state index contributed by atoms with van der Waals surface area (Å²) in [7, 11) is 1.91. The highest BCUT2D eigenvalue weighted by atomic mass is 16.3. The molecule has 0 saturated carbocycles. The fourth-order valence-corrected chi connectivity index (χ4v) is 3.22. The van der Waals surface area contributed by atoms with E-state index in [9.17, 15) is 4.79 Å². The Kier molecular flexibility index (Phi) is 3.26. The second-order valence-electron chi connectivity index (χ2n) is 5.86. The summed E-state index contributed by atoms with van der Waals surface area (Å²) in [6, 6.07) is 11.7. The van der Waals surface area contributed by atoms with Gasteiger partial charge >= 0.3 is 0 Å². The van der Waals surface area contributed by atoms with Crippen LogP contribution in [-0.2, 0) is 13.6 Å². The van der Waals surface area contributed by atoms with Crippen LogP contribution in [-0.4, -0.2) is 27.1 Å². The van der Waals surface area contributed by atoms with Crippen molar-refractivity contribution in [3.8, 4) is 0 Å². The minimum atomic E-state index is -0.0709. The number of carbonyl (C=O) groups is 1. The van der Waals surface area contributed by atoms with Gasteiger partial charge < -0.3 is 9.32 Å². The molecule has 4 rings (SSSR count). The third-order valence-corrected chi connectivity index (χ3v) is 4.34. The average Bonchev–Trinajstić information content (AvgIpc) is 3.24. The van der Waals surface area contributed by atoms with Gasteiger partial charge in [-0.05, 0) is 28.8 Å². The van der Waals surface area contributed by atoms with Gasteiger partial charge in [0.1, 0.15) is 0 Å². The number of benzene rings is 1. The molecular weight excluding hydrogens is 290 g/mol. The van der Waals surface area contributed by atoms with Crippen molar-refractivity contribution in [1.29, 1.82) is 0 Å². The molecule has 0 aliphatic carbocycles. The number of carbonyl (C=O) groups excluding carboxylic acids is 1. The lowest BCUT2D eigenvalue weighted by molar-refractivity contribution is 0.0692. The lowest BCUT2D eigenvalue weighted by Gasteiger charge is -2.34. The van der Waals surface area contributed by atoms with Crippen LogP contribution in [0.15, 0.2) is 59.5 Å². The maximum absolute atomic E-state index is 12.7. The number of fused-ring (bicyclic) bond motifs is 1. The van der Waals surface area contributed by atoms with Crippen LogP contribution in [0.1, 0.15) is 33.2 Å². The molecule has 1 aromatic carbocycles. The van der Waals surface area contributed by atoms with Crippen LogP contribution in [0.5, 0.6) is 0 Å². The van der Waals surface area contributed by atoms with E-state index in [-0.39, 0.29) is 11.8 Å². The maximum atomic E-state index is 12.7. The lowest BCUT2D eigenvalue weighted by Crippen LogP contribution is -2.38. The van der Waals surface area contributed by atoms with Crippen molar-refractivity contribution in [2.24, 2.45) is 7.05 Å². The monoisotopic (exact) mass is 307 g/mol. The van der Waals surface area contributed by atoms with E-state index in [0.717, 1.165) is 5.56 Å². The summed E-state index contributed by atoms with van der Waals surface area (Å²) in [5, 5.41) is 4.28. The first-order valence-corrected chi connectivity index (χ1v) is 7.61.